The van der Waals surface area contributed by atoms with Gasteiger partial charge >= 0.3 is 0 Å². The SMILES string of the molecule is CCCCCC(N)c1cc2c(s1)CCSC2. The molecule has 0 saturated heterocycles. The summed E-state index contributed by atoms with van der Waals surface area (Å²) in [4.78, 5) is 3.02. The first-order chi connectivity index (χ1) is 7.81. The monoisotopic (exact) mass is 255 g/mol. The van der Waals surface area contributed by atoms with Crippen LogP contribution in [0.2, 0.25) is 0 Å². The van der Waals surface area contributed by atoms with E-state index in [-0.39, 0.29) is 6.04 Å². The van der Waals surface area contributed by atoms with Crippen LogP contribution in [0.15, 0.2) is 6.07 Å². The number of hydrogen-bond donors (Lipinski definition) is 1. The molecule has 0 radical (unpaired) electrons. The topological polar surface area (TPSA) is 26.0 Å². The number of unbranched alkanes of at least 4 members (excludes halogenated alkanes) is 2. The van der Waals surface area contributed by atoms with Crippen molar-refractivity contribution in [1.29, 1.82) is 0 Å². The lowest BCUT2D eigenvalue weighted by Crippen LogP contribution is -2.08. The molecule has 1 aromatic rings. The van der Waals surface area contributed by atoms with Gasteiger partial charge in [0, 0.05) is 21.5 Å². The van der Waals surface area contributed by atoms with Crippen LogP contribution in [-0.4, -0.2) is 5.75 Å². The Labute approximate surface area is 107 Å². The largest absolute Gasteiger partial charge is 0.323 e. The fourth-order valence-corrected chi connectivity index (χ4v) is 4.52. The fourth-order valence-electron chi connectivity index (χ4n) is 2.11. The van der Waals surface area contributed by atoms with Crippen molar-refractivity contribution in [3.63, 3.8) is 0 Å². The second-order valence-electron chi connectivity index (χ2n) is 4.50. The number of hydrogen-bond acceptors (Lipinski definition) is 3. The van der Waals surface area contributed by atoms with E-state index in [0.29, 0.717) is 0 Å². The van der Waals surface area contributed by atoms with E-state index < -0.39 is 0 Å². The average Bonchev–Trinajstić information content (AvgIpc) is 2.73. The predicted molar refractivity (Wildman–Crippen MR) is 75.3 cm³/mol. The summed E-state index contributed by atoms with van der Waals surface area (Å²) < 4.78 is 0. The summed E-state index contributed by atoms with van der Waals surface area (Å²) in [6, 6.07) is 2.65. The predicted octanol–water partition coefficient (Wildman–Crippen LogP) is 4.12. The van der Waals surface area contributed by atoms with Gasteiger partial charge in [-0.3, -0.25) is 0 Å². The van der Waals surface area contributed by atoms with Crippen molar-refractivity contribution >= 4 is 23.1 Å². The molecule has 1 aliphatic rings. The van der Waals surface area contributed by atoms with Crippen LogP contribution in [0.5, 0.6) is 0 Å². The van der Waals surface area contributed by atoms with E-state index in [1.165, 1.54) is 42.1 Å². The number of rotatable bonds is 5. The van der Waals surface area contributed by atoms with E-state index in [4.69, 9.17) is 5.73 Å². The zero-order chi connectivity index (χ0) is 11.4. The van der Waals surface area contributed by atoms with Crippen molar-refractivity contribution in [3.8, 4) is 0 Å². The Morgan fingerprint density at radius 1 is 1.44 bits per heavy atom. The lowest BCUT2D eigenvalue weighted by Gasteiger charge is -2.08. The first kappa shape index (κ1) is 12.5. The fraction of sp³-hybridized carbons (Fsp3) is 0.692. The van der Waals surface area contributed by atoms with E-state index in [2.05, 4.69) is 13.0 Å². The van der Waals surface area contributed by atoms with Gasteiger partial charge in [-0.1, -0.05) is 26.2 Å². The molecule has 0 bridgehead atoms. The van der Waals surface area contributed by atoms with Crippen molar-refractivity contribution < 1.29 is 0 Å². The zero-order valence-electron chi connectivity index (χ0n) is 10.00. The Kier molecular flexibility index (Phi) is 4.74. The number of fused-ring (bicyclic) bond motifs is 1. The van der Waals surface area contributed by atoms with Gasteiger partial charge in [0.05, 0.1) is 0 Å². The van der Waals surface area contributed by atoms with Crippen molar-refractivity contribution in [2.24, 2.45) is 5.73 Å². The van der Waals surface area contributed by atoms with E-state index in [1.807, 2.05) is 23.1 Å². The molecule has 0 fully saturated rings. The molecule has 0 spiro atoms. The van der Waals surface area contributed by atoms with E-state index in [0.717, 1.165) is 6.42 Å². The van der Waals surface area contributed by atoms with Gasteiger partial charge in [0.2, 0.25) is 0 Å². The maximum Gasteiger partial charge on any atom is 0.0389 e. The molecule has 0 amide bonds. The van der Waals surface area contributed by atoms with Gasteiger partial charge < -0.3 is 5.73 Å². The van der Waals surface area contributed by atoms with Gasteiger partial charge in [-0.2, -0.15) is 11.8 Å². The molecule has 0 aromatic carbocycles. The van der Waals surface area contributed by atoms with Crippen molar-refractivity contribution in [3.05, 3.63) is 21.4 Å². The minimum atomic E-state index is 0.284. The van der Waals surface area contributed by atoms with Crippen LogP contribution in [0.25, 0.3) is 0 Å². The highest BCUT2D eigenvalue weighted by molar-refractivity contribution is 7.98. The molecule has 2 rings (SSSR count). The first-order valence-corrected chi connectivity index (χ1v) is 8.23. The number of thioether (sulfide) groups is 1. The normalized spacial score (nSPS) is 17.1. The molecule has 90 valence electrons. The Bertz CT molecular complexity index is 309. The highest BCUT2D eigenvalue weighted by atomic mass is 32.2. The second-order valence-corrected chi connectivity index (χ2v) is 6.78. The zero-order valence-corrected chi connectivity index (χ0v) is 11.6. The van der Waals surface area contributed by atoms with Crippen molar-refractivity contribution in [2.75, 3.05) is 5.75 Å². The summed E-state index contributed by atoms with van der Waals surface area (Å²) in [7, 11) is 0. The molecule has 1 aromatic heterocycles. The van der Waals surface area contributed by atoms with Crippen LogP contribution in [0.3, 0.4) is 0 Å². The number of nitrogens with two attached hydrogens (primary N) is 1. The molecule has 2 N–H and O–H groups in total. The summed E-state index contributed by atoms with van der Waals surface area (Å²) in [6.07, 6.45) is 6.28. The first-order valence-electron chi connectivity index (χ1n) is 6.26. The number of thiophene rings is 1. The molecule has 1 atom stereocenters. The molecular weight excluding hydrogens is 234 g/mol. The van der Waals surface area contributed by atoms with E-state index >= 15 is 0 Å². The standard InChI is InChI=1S/C13H21NS2/c1-2-3-4-5-11(14)13-8-10-9-15-7-6-12(10)16-13/h8,11H,2-7,9,14H2,1H3. The molecule has 0 saturated carbocycles. The Hall–Kier alpha value is 0.01000. The molecule has 16 heavy (non-hydrogen) atoms. The van der Waals surface area contributed by atoms with E-state index in [9.17, 15) is 0 Å². The lowest BCUT2D eigenvalue weighted by molar-refractivity contribution is 0.587. The molecule has 3 heteroatoms. The minimum absolute atomic E-state index is 0.284. The molecular formula is C13H21NS2. The summed E-state index contributed by atoms with van der Waals surface area (Å²) in [5, 5.41) is 0. The Balaban J connectivity index is 1.95. The maximum atomic E-state index is 6.25. The van der Waals surface area contributed by atoms with Crippen molar-refractivity contribution in [2.45, 2.75) is 50.8 Å². The van der Waals surface area contributed by atoms with Crippen LogP contribution in [0.4, 0.5) is 0 Å². The third kappa shape index (κ3) is 3.02. The lowest BCUT2D eigenvalue weighted by atomic mass is 10.1. The highest BCUT2D eigenvalue weighted by Gasteiger charge is 2.16. The van der Waals surface area contributed by atoms with Crippen LogP contribution in [0.1, 0.15) is 54.0 Å². The minimum Gasteiger partial charge on any atom is -0.323 e. The third-order valence-corrected chi connectivity index (χ3v) is 5.51. The maximum absolute atomic E-state index is 6.25. The summed E-state index contributed by atoms with van der Waals surface area (Å²) in [5.41, 5.74) is 7.81. The third-order valence-electron chi connectivity index (χ3n) is 3.13. The van der Waals surface area contributed by atoms with Crippen LogP contribution in [0, 0.1) is 0 Å². The van der Waals surface area contributed by atoms with Gasteiger partial charge in [-0.15, -0.1) is 11.3 Å². The second kappa shape index (κ2) is 6.08. The van der Waals surface area contributed by atoms with Gasteiger partial charge in [-0.25, -0.2) is 0 Å². The van der Waals surface area contributed by atoms with Crippen LogP contribution >= 0.6 is 23.1 Å². The van der Waals surface area contributed by atoms with Crippen LogP contribution < -0.4 is 5.73 Å². The number of aryl methyl sites for hydroxylation is 1. The molecule has 1 unspecified atom stereocenters. The smallest absolute Gasteiger partial charge is 0.0389 e. The molecule has 2 heterocycles. The molecule has 1 nitrogen and oxygen atoms in total. The Morgan fingerprint density at radius 3 is 3.06 bits per heavy atom. The summed E-state index contributed by atoms with van der Waals surface area (Å²) in [6.45, 7) is 2.24. The van der Waals surface area contributed by atoms with Crippen LogP contribution in [-0.2, 0) is 12.2 Å². The van der Waals surface area contributed by atoms with Gasteiger partial charge in [0.1, 0.15) is 0 Å². The highest BCUT2D eigenvalue weighted by Crippen LogP contribution is 2.34. The Morgan fingerprint density at radius 2 is 2.31 bits per heavy atom. The molecule has 0 aliphatic carbocycles. The summed E-state index contributed by atoms with van der Waals surface area (Å²) in [5.74, 6) is 2.49. The van der Waals surface area contributed by atoms with Crippen molar-refractivity contribution in [1.82, 2.24) is 0 Å². The van der Waals surface area contributed by atoms with Gasteiger partial charge in [-0.05, 0) is 30.2 Å². The van der Waals surface area contributed by atoms with Gasteiger partial charge in [0.15, 0.2) is 0 Å². The van der Waals surface area contributed by atoms with E-state index in [1.54, 1.807) is 10.4 Å². The average molecular weight is 255 g/mol. The summed E-state index contributed by atoms with van der Waals surface area (Å²) >= 11 is 4.01. The van der Waals surface area contributed by atoms with Gasteiger partial charge in [0.25, 0.3) is 0 Å². The molecule has 1 aliphatic heterocycles. The quantitative estimate of drug-likeness (QED) is 0.801.